The number of hydrogen-bond donors (Lipinski definition) is 2. The lowest BCUT2D eigenvalue weighted by Gasteiger charge is -2.21. The predicted molar refractivity (Wildman–Crippen MR) is 114 cm³/mol. The Labute approximate surface area is 180 Å². The standard InChI is InChI=1S/C23H26FN3O4/c1-12-11-15(9-10-16(12)24)25-22(30)19-13(2)20(27(4)14(19)3)21(29)23(31)26-17-7-5-6-8-18(17)28/h9-11,17H,5-8H2,1-4H3,(H,25,30)(H,26,31)/t17-/m1/s1. The molecule has 0 saturated heterocycles. The number of nitrogens with zero attached hydrogens (tertiary/aromatic N) is 1. The lowest BCUT2D eigenvalue weighted by Crippen LogP contribution is -2.45. The van der Waals surface area contributed by atoms with Crippen molar-refractivity contribution in [2.45, 2.75) is 52.5 Å². The van der Waals surface area contributed by atoms with Crippen LogP contribution in [0.5, 0.6) is 0 Å². The van der Waals surface area contributed by atoms with Crippen LogP contribution < -0.4 is 10.6 Å². The van der Waals surface area contributed by atoms with E-state index in [0.29, 0.717) is 35.3 Å². The van der Waals surface area contributed by atoms with E-state index in [9.17, 15) is 23.6 Å². The third kappa shape index (κ3) is 4.42. The van der Waals surface area contributed by atoms with Crippen LogP contribution in [0.1, 0.15) is 63.4 Å². The van der Waals surface area contributed by atoms with Crippen molar-refractivity contribution >= 4 is 29.1 Å². The number of benzene rings is 1. The molecule has 2 N–H and O–H groups in total. The molecule has 0 unspecified atom stereocenters. The van der Waals surface area contributed by atoms with Crippen LogP contribution in [0.3, 0.4) is 0 Å². The largest absolute Gasteiger partial charge is 0.344 e. The number of carbonyl (C=O) groups is 4. The summed E-state index contributed by atoms with van der Waals surface area (Å²) in [6, 6.07) is 3.59. The maximum atomic E-state index is 13.5. The van der Waals surface area contributed by atoms with Crippen LogP contribution in [-0.2, 0) is 16.6 Å². The normalized spacial score (nSPS) is 16.2. The zero-order valence-corrected chi connectivity index (χ0v) is 18.1. The van der Waals surface area contributed by atoms with Gasteiger partial charge in [-0.25, -0.2) is 4.39 Å². The second-order valence-corrected chi connectivity index (χ2v) is 7.98. The SMILES string of the molecule is Cc1cc(NC(=O)c2c(C)c(C(=O)C(=O)N[C@@H]3CCCCC3=O)n(C)c2C)ccc1F. The Bertz CT molecular complexity index is 1090. The third-order valence-corrected chi connectivity index (χ3v) is 5.85. The van der Waals surface area contributed by atoms with Gasteiger partial charge in [-0.15, -0.1) is 0 Å². The van der Waals surface area contributed by atoms with Crippen molar-refractivity contribution in [3.63, 3.8) is 0 Å². The molecule has 1 saturated carbocycles. The molecule has 1 fully saturated rings. The topological polar surface area (TPSA) is 97.3 Å². The van der Waals surface area contributed by atoms with Crippen LogP contribution in [0.4, 0.5) is 10.1 Å². The van der Waals surface area contributed by atoms with Crippen molar-refractivity contribution in [1.82, 2.24) is 9.88 Å². The van der Waals surface area contributed by atoms with Gasteiger partial charge in [0, 0.05) is 24.8 Å². The number of aromatic nitrogens is 1. The molecular weight excluding hydrogens is 401 g/mol. The third-order valence-electron chi connectivity index (χ3n) is 5.85. The molecule has 1 atom stereocenters. The minimum absolute atomic E-state index is 0.0677. The Morgan fingerprint density at radius 2 is 1.84 bits per heavy atom. The number of aryl methyl sites for hydroxylation is 1. The fourth-order valence-electron chi connectivity index (χ4n) is 4.02. The highest BCUT2D eigenvalue weighted by Gasteiger charge is 2.31. The van der Waals surface area contributed by atoms with Gasteiger partial charge in [0.1, 0.15) is 5.82 Å². The Morgan fingerprint density at radius 3 is 2.48 bits per heavy atom. The van der Waals surface area contributed by atoms with E-state index in [1.807, 2.05) is 0 Å². The van der Waals surface area contributed by atoms with E-state index in [1.165, 1.54) is 22.8 Å². The number of anilines is 1. The highest BCUT2D eigenvalue weighted by atomic mass is 19.1. The molecule has 8 heteroatoms. The fraction of sp³-hybridized carbons (Fsp3) is 0.391. The summed E-state index contributed by atoms with van der Waals surface area (Å²) in [6.07, 6.45) is 2.53. The number of hydrogen-bond acceptors (Lipinski definition) is 4. The summed E-state index contributed by atoms with van der Waals surface area (Å²) in [4.78, 5) is 50.3. The molecule has 1 aliphatic carbocycles. The number of rotatable bonds is 5. The molecule has 2 amide bonds. The first-order valence-corrected chi connectivity index (χ1v) is 10.2. The van der Waals surface area contributed by atoms with Gasteiger partial charge in [0.15, 0.2) is 5.78 Å². The number of ketones is 2. The van der Waals surface area contributed by atoms with Gasteiger partial charge in [-0.1, -0.05) is 6.42 Å². The van der Waals surface area contributed by atoms with Gasteiger partial charge in [0.25, 0.3) is 17.6 Å². The summed E-state index contributed by atoms with van der Waals surface area (Å²) < 4.78 is 15.0. The minimum Gasteiger partial charge on any atom is -0.344 e. The summed E-state index contributed by atoms with van der Waals surface area (Å²) >= 11 is 0. The van der Waals surface area contributed by atoms with Crippen molar-refractivity contribution in [1.29, 1.82) is 0 Å². The van der Waals surface area contributed by atoms with Crippen molar-refractivity contribution < 1.29 is 23.6 Å². The van der Waals surface area contributed by atoms with Crippen LogP contribution in [0.25, 0.3) is 0 Å². The highest BCUT2D eigenvalue weighted by Crippen LogP contribution is 2.24. The van der Waals surface area contributed by atoms with Crippen LogP contribution in [0.2, 0.25) is 0 Å². The lowest BCUT2D eigenvalue weighted by molar-refractivity contribution is -0.126. The summed E-state index contributed by atoms with van der Waals surface area (Å²) in [5.74, 6) is -2.55. The first-order chi connectivity index (χ1) is 14.6. The second-order valence-electron chi connectivity index (χ2n) is 7.98. The quantitative estimate of drug-likeness (QED) is 0.566. The van der Waals surface area contributed by atoms with Gasteiger partial charge in [0.05, 0.1) is 17.3 Å². The molecule has 31 heavy (non-hydrogen) atoms. The van der Waals surface area contributed by atoms with Gasteiger partial charge in [0.2, 0.25) is 0 Å². The van der Waals surface area contributed by atoms with E-state index in [-0.39, 0.29) is 22.9 Å². The predicted octanol–water partition coefficient (Wildman–Crippen LogP) is 3.15. The maximum Gasteiger partial charge on any atom is 0.294 e. The number of amides is 2. The number of nitrogens with one attached hydrogen (secondary N) is 2. The van der Waals surface area contributed by atoms with Crippen molar-refractivity contribution in [2.24, 2.45) is 7.05 Å². The van der Waals surface area contributed by atoms with Gasteiger partial charge < -0.3 is 15.2 Å². The summed E-state index contributed by atoms with van der Waals surface area (Å²) in [6.45, 7) is 4.87. The molecule has 7 nitrogen and oxygen atoms in total. The van der Waals surface area contributed by atoms with E-state index in [4.69, 9.17) is 0 Å². The van der Waals surface area contributed by atoms with Gasteiger partial charge in [-0.05, 0) is 62.9 Å². The summed E-state index contributed by atoms with van der Waals surface area (Å²) in [5, 5.41) is 5.26. The highest BCUT2D eigenvalue weighted by molar-refractivity contribution is 6.43. The smallest absolute Gasteiger partial charge is 0.294 e. The molecule has 3 rings (SSSR count). The van der Waals surface area contributed by atoms with Gasteiger partial charge in [-0.3, -0.25) is 19.2 Å². The Kier molecular flexibility index (Phi) is 6.38. The van der Waals surface area contributed by atoms with E-state index < -0.39 is 23.6 Å². The Hall–Kier alpha value is -3.29. The average Bonchev–Trinajstić information content (AvgIpc) is 2.94. The zero-order chi connectivity index (χ0) is 22.9. The van der Waals surface area contributed by atoms with Gasteiger partial charge >= 0.3 is 0 Å². The minimum atomic E-state index is -0.856. The Balaban J connectivity index is 1.84. The van der Waals surface area contributed by atoms with Crippen LogP contribution in [0.15, 0.2) is 18.2 Å². The van der Waals surface area contributed by atoms with Crippen LogP contribution >= 0.6 is 0 Å². The molecule has 0 spiro atoms. The molecule has 1 aromatic heterocycles. The number of halogens is 1. The Morgan fingerprint density at radius 1 is 1.13 bits per heavy atom. The average molecular weight is 427 g/mol. The molecule has 0 bridgehead atoms. The van der Waals surface area contributed by atoms with E-state index in [1.54, 1.807) is 27.8 Å². The molecule has 1 aliphatic rings. The monoisotopic (exact) mass is 427 g/mol. The fourth-order valence-corrected chi connectivity index (χ4v) is 4.02. The van der Waals surface area contributed by atoms with E-state index in [2.05, 4.69) is 10.6 Å². The first-order valence-electron chi connectivity index (χ1n) is 10.2. The van der Waals surface area contributed by atoms with E-state index >= 15 is 0 Å². The van der Waals surface area contributed by atoms with Crippen molar-refractivity contribution in [3.8, 4) is 0 Å². The molecule has 0 radical (unpaired) electrons. The van der Waals surface area contributed by atoms with E-state index in [0.717, 1.165) is 12.8 Å². The molecular formula is C23H26FN3O4. The molecule has 1 aromatic carbocycles. The number of Topliss-reactive ketones (excluding diaryl/α,β-unsaturated/α-hetero) is 2. The van der Waals surface area contributed by atoms with Crippen LogP contribution in [-0.4, -0.2) is 34.0 Å². The lowest BCUT2D eigenvalue weighted by atomic mass is 9.94. The van der Waals surface area contributed by atoms with Crippen molar-refractivity contribution in [3.05, 3.63) is 52.1 Å². The maximum absolute atomic E-state index is 13.5. The molecule has 164 valence electrons. The first kappa shape index (κ1) is 22.4. The second kappa shape index (κ2) is 8.83. The summed E-state index contributed by atoms with van der Waals surface area (Å²) in [5.41, 5.74) is 2.07. The zero-order valence-electron chi connectivity index (χ0n) is 18.1. The van der Waals surface area contributed by atoms with Crippen LogP contribution in [0, 0.1) is 26.6 Å². The van der Waals surface area contributed by atoms with Gasteiger partial charge in [-0.2, -0.15) is 0 Å². The van der Waals surface area contributed by atoms with Crippen molar-refractivity contribution in [2.75, 3.05) is 5.32 Å². The molecule has 2 aromatic rings. The number of carbonyl (C=O) groups excluding carboxylic acids is 4. The molecule has 0 aliphatic heterocycles. The summed E-state index contributed by atoms with van der Waals surface area (Å²) in [7, 11) is 1.60. The molecule has 1 heterocycles.